The van der Waals surface area contributed by atoms with E-state index in [4.69, 9.17) is 19.3 Å². The monoisotopic (exact) mass is 425 g/mol. The quantitative estimate of drug-likeness (QED) is 0.586. The average Bonchev–Trinajstić information content (AvgIpc) is 3.12. The standard InChI is InChI=1S/C25H35N3O3/c1-5-29-20-11-19(12-21(30-6-2)22(20)31-7-3)23-26-27-24(28(23)4)25-13-16-8-17(14-25)10-18(9-16)15-25/h11-12,16-18H,5-10,13-15H2,1-4H3. The Bertz CT molecular complexity index is 889. The fourth-order valence-corrected chi connectivity index (χ4v) is 6.94. The SMILES string of the molecule is CCOc1cc(-c2nnc(C34CC5CC(CC(C5)C3)C4)n2C)cc(OCC)c1OCC. The molecule has 4 bridgehead atoms. The van der Waals surface area contributed by atoms with E-state index in [1.807, 2.05) is 32.9 Å². The van der Waals surface area contributed by atoms with Crippen LogP contribution in [0.15, 0.2) is 12.1 Å². The van der Waals surface area contributed by atoms with E-state index in [0.717, 1.165) is 29.1 Å². The van der Waals surface area contributed by atoms with Crippen molar-refractivity contribution in [2.75, 3.05) is 19.8 Å². The number of aromatic nitrogens is 3. The Kier molecular flexibility index (Phi) is 5.35. The average molecular weight is 426 g/mol. The van der Waals surface area contributed by atoms with Crippen LogP contribution >= 0.6 is 0 Å². The maximum Gasteiger partial charge on any atom is 0.203 e. The van der Waals surface area contributed by atoms with Crippen molar-refractivity contribution in [1.82, 2.24) is 14.8 Å². The Balaban J connectivity index is 1.55. The molecule has 4 aliphatic rings. The summed E-state index contributed by atoms with van der Waals surface area (Å²) < 4.78 is 19.9. The highest BCUT2D eigenvalue weighted by Crippen LogP contribution is 2.60. The molecule has 6 nitrogen and oxygen atoms in total. The van der Waals surface area contributed by atoms with Crippen molar-refractivity contribution in [3.05, 3.63) is 18.0 Å². The molecular weight excluding hydrogens is 390 g/mol. The minimum absolute atomic E-state index is 0.214. The van der Waals surface area contributed by atoms with Crippen LogP contribution in [0.5, 0.6) is 17.2 Å². The van der Waals surface area contributed by atoms with Gasteiger partial charge in [-0.15, -0.1) is 10.2 Å². The third-order valence-corrected chi connectivity index (χ3v) is 7.55. The molecule has 0 spiro atoms. The molecule has 4 saturated carbocycles. The van der Waals surface area contributed by atoms with Crippen molar-refractivity contribution in [1.29, 1.82) is 0 Å². The van der Waals surface area contributed by atoms with E-state index in [0.29, 0.717) is 37.1 Å². The summed E-state index contributed by atoms with van der Waals surface area (Å²) >= 11 is 0. The normalized spacial score (nSPS) is 28.7. The van der Waals surface area contributed by atoms with E-state index < -0.39 is 0 Å². The van der Waals surface area contributed by atoms with Crippen molar-refractivity contribution in [2.45, 2.75) is 64.7 Å². The van der Waals surface area contributed by atoms with Crippen LogP contribution in [0.3, 0.4) is 0 Å². The van der Waals surface area contributed by atoms with E-state index >= 15 is 0 Å². The van der Waals surface area contributed by atoms with Crippen molar-refractivity contribution >= 4 is 0 Å². The zero-order chi connectivity index (χ0) is 21.6. The van der Waals surface area contributed by atoms with Gasteiger partial charge >= 0.3 is 0 Å². The molecule has 6 heteroatoms. The molecule has 0 radical (unpaired) electrons. The largest absolute Gasteiger partial charge is 0.490 e. The Hall–Kier alpha value is -2.24. The summed E-state index contributed by atoms with van der Waals surface area (Å²) in [5.41, 5.74) is 1.17. The highest BCUT2D eigenvalue weighted by atomic mass is 16.5. The van der Waals surface area contributed by atoms with Crippen LogP contribution in [0.4, 0.5) is 0 Å². The first-order chi connectivity index (χ1) is 15.1. The molecule has 1 heterocycles. The van der Waals surface area contributed by atoms with Gasteiger partial charge in [0, 0.05) is 18.0 Å². The molecule has 1 aromatic carbocycles. The Morgan fingerprint density at radius 1 is 0.839 bits per heavy atom. The molecule has 4 fully saturated rings. The van der Waals surface area contributed by atoms with Crippen LogP contribution in [0, 0.1) is 17.8 Å². The lowest BCUT2D eigenvalue weighted by molar-refractivity contribution is -0.0107. The second-order valence-corrected chi connectivity index (χ2v) is 9.70. The molecular formula is C25H35N3O3. The van der Waals surface area contributed by atoms with Gasteiger partial charge in [-0.1, -0.05) is 0 Å². The zero-order valence-electron chi connectivity index (χ0n) is 19.3. The van der Waals surface area contributed by atoms with Crippen molar-refractivity contribution in [2.24, 2.45) is 24.8 Å². The first kappa shape index (κ1) is 20.7. The van der Waals surface area contributed by atoms with Gasteiger partial charge in [0.2, 0.25) is 5.75 Å². The summed E-state index contributed by atoms with van der Waals surface area (Å²) in [5, 5.41) is 9.47. The number of hydrogen-bond donors (Lipinski definition) is 0. The zero-order valence-corrected chi connectivity index (χ0v) is 19.3. The maximum absolute atomic E-state index is 5.92. The lowest BCUT2D eigenvalue weighted by Gasteiger charge is -2.56. The van der Waals surface area contributed by atoms with Crippen LogP contribution in [0.1, 0.15) is 65.1 Å². The van der Waals surface area contributed by atoms with Gasteiger partial charge in [0.15, 0.2) is 17.3 Å². The van der Waals surface area contributed by atoms with Crippen molar-refractivity contribution < 1.29 is 14.2 Å². The molecule has 1 aromatic heterocycles. The van der Waals surface area contributed by atoms with Gasteiger partial charge in [0.05, 0.1) is 19.8 Å². The Morgan fingerprint density at radius 3 is 1.84 bits per heavy atom. The molecule has 6 rings (SSSR count). The van der Waals surface area contributed by atoms with E-state index in [1.54, 1.807) is 0 Å². The predicted molar refractivity (Wildman–Crippen MR) is 120 cm³/mol. The van der Waals surface area contributed by atoms with Crippen molar-refractivity contribution in [3.63, 3.8) is 0 Å². The predicted octanol–water partition coefficient (Wildman–Crippen LogP) is 5.15. The number of benzene rings is 1. The van der Waals surface area contributed by atoms with E-state index in [-0.39, 0.29) is 5.41 Å². The lowest BCUT2D eigenvalue weighted by Crippen LogP contribution is -2.49. The molecule has 0 amide bonds. The minimum atomic E-state index is 0.214. The van der Waals surface area contributed by atoms with Gasteiger partial charge in [0.25, 0.3) is 0 Å². The molecule has 0 aliphatic heterocycles. The van der Waals surface area contributed by atoms with Crippen molar-refractivity contribution in [3.8, 4) is 28.6 Å². The van der Waals surface area contributed by atoms with Crippen LogP contribution in [-0.2, 0) is 12.5 Å². The fraction of sp³-hybridized carbons (Fsp3) is 0.680. The van der Waals surface area contributed by atoms with E-state index in [2.05, 4.69) is 16.7 Å². The fourth-order valence-electron chi connectivity index (χ4n) is 6.94. The summed E-state index contributed by atoms with van der Waals surface area (Å²) in [6.45, 7) is 7.62. The summed E-state index contributed by atoms with van der Waals surface area (Å²) in [6.07, 6.45) is 8.13. The third kappa shape index (κ3) is 3.48. The topological polar surface area (TPSA) is 58.4 Å². The first-order valence-electron chi connectivity index (χ1n) is 12.0. The van der Waals surface area contributed by atoms with Gasteiger partial charge in [0.1, 0.15) is 5.82 Å². The van der Waals surface area contributed by atoms with Crippen LogP contribution in [0.2, 0.25) is 0 Å². The summed E-state index contributed by atoms with van der Waals surface area (Å²) in [5.74, 6) is 6.75. The van der Waals surface area contributed by atoms with Crippen LogP contribution in [-0.4, -0.2) is 34.6 Å². The Labute approximate surface area is 185 Å². The molecule has 0 atom stereocenters. The maximum atomic E-state index is 5.92. The molecule has 0 unspecified atom stereocenters. The smallest absolute Gasteiger partial charge is 0.203 e. The number of hydrogen-bond acceptors (Lipinski definition) is 5. The molecule has 31 heavy (non-hydrogen) atoms. The van der Waals surface area contributed by atoms with E-state index in [9.17, 15) is 0 Å². The van der Waals surface area contributed by atoms with Gasteiger partial charge in [-0.2, -0.15) is 0 Å². The minimum Gasteiger partial charge on any atom is -0.490 e. The van der Waals surface area contributed by atoms with Gasteiger partial charge in [-0.3, -0.25) is 0 Å². The highest BCUT2D eigenvalue weighted by Gasteiger charge is 2.53. The molecule has 2 aromatic rings. The van der Waals surface area contributed by atoms with E-state index in [1.165, 1.54) is 44.3 Å². The van der Waals surface area contributed by atoms with Gasteiger partial charge in [-0.05, 0) is 89.2 Å². The van der Waals surface area contributed by atoms with Crippen LogP contribution < -0.4 is 14.2 Å². The summed E-state index contributed by atoms with van der Waals surface area (Å²) in [4.78, 5) is 0. The summed E-state index contributed by atoms with van der Waals surface area (Å²) in [7, 11) is 2.13. The second kappa shape index (κ2) is 8.03. The Morgan fingerprint density at radius 2 is 1.35 bits per heavy atom. The molecule has 168 valence electrons. The number of rotatable bonds is 8. The second-order valence-electron chi connectivity index (χ2n) is 9.70. The molecule has 0 N–H and O–H groups in total. The van der Waals surface area contributed by atoms with Crippen LogP contribution in [0.25, 0.3) is 11.4 Å². The molecule has 0 saturated heterocycles. The van der Waals surface area contributed by atoms with Gasteiger partial charge in [-0.25, -0.2) is 0 Å². The number of nitrogens with zero attached hydrogens (tertiary/aromatic N) is 3. The highest BCUT2D eigenvalue weighted by molar-refractivity contribution is 5.67. The third-order valence-electron chi connectivity index (χ3n) is 7.55. The number of ether oxygens (including phenoxy) is 3. The lowest BCUT2D eigenvalue weighted by atomic mass is 9.49. The van der Waals surface area contributed by atoms with Gasteiger partial charge < -0.3 is 18.8 Å². The first-order valence-corrected chi connectivity index (χ1v) is 12.0. The molecule has 4 aliphatic carbocycles. The summed E-state index contributed by atoms with van der Waals surface area (Å²) in [6, 6.07) is 4.04.